The van der Waals surface area contributed by atoms with Gasteiger partial charge in [-0.1, -0.05) is 48.5 Å². The number of nitrogens with zero attached hydrogens (tertiary/aromatic N) is 2. The second kappa shape index (κ2) is 4.49. The summed E-state index contributed by atoms with van der Waals surface area (Å²) < 4.78 is 1.93. The van der Waals surface area contributed by atoms with Crippen LogP contribution >= 0.6 is 0 Å². The molecule has 0 saturated heterocycles. The molecule has 0 aliphatic heterocycles. The van der Waals surface area contributed by atoms with Crippen molar-refractivity contribution >= 4 is 0 Å². The maximum Gasteiger partial charge on any atom is 0.0753 e. The first-order chi connectivity index (χ1) is 8.86. The molecule has 0 saturated carbocycles. The summed E-state index contributed by atoms with van der Waals surface area (Å²) in [6, 6.07) is 18.7. The third kappa shape index (κ3) is 1.82. The molecule has 2 aromatic carbocycles. The van der Waals surface area contributed by atoms with Gasteiger partial charge < -0.3 is 0 Å². The average Bonchev–Trinajstić information content (AvgIpc) is 2.93. The first kappa shape index (κ1) is 10.8. The Kier molecular flexibility index (Phi) is 2.69. The number of benzene rings is 2. The molecule has 0 unspecified atom stereocenters. The van der Waals surface area contributed by atoms with Crippen LogP contribution in [0.15, 0.2) is 67.0 Å². The lowest BCUT2D eigenvalue weighted by molar-refractivity contribution is 0.874. The Hall–Kier alpha value is -2.35. The van der Waals surface area contributed by atoms with Crippen molar-refractivity contribution in [2.75, 3.05) is 0 Å². The highest BCUT2D eigenvalue weighted by atomic mass is 15.3. The Bertz CT molecular complexity index is 640. The van der Waals surface area contributed by atoms with Gasteiger partial charge in [-0.15, -0.1) is 0 Å². The molecule has 0 N–H and O–H groups in total. The molecule has 2 heteroatoms. The van der Waals surface area contributed by atoms with Crippen LogP contribution in [0.2, 0.25) is 0 Å². The maximum atomic E-state index is 4.35. The lowest BCUT2D eigenvalue weighted by Crippen LogP contribution is -2.00. The highest BCUT2D eigenvalue weighted by Gasteiger charge is 2.09. The van der Waals surface area contributed by atoms with Crippen LogP contribution < -0.4 is 0 Å². The summed E-state index contributed by atoms with van der Waals surface area (Å²) in [6.07, 6.45) is 3.79. The van der Waals surface area contributed by atoms with E-state index in [2.05, 4.69) is 54.5 Å². The van der Waals surface area contributed by atoms with Gasteiger partial charge in [0.25, 0.3) is 0 Å². The summed E-state index contributed by atoms with van der Waals surface area (Å²) >= 11 is 0. The van der Waals surface area contributed by atoms with E-state index >= 15 is 0 Å². The molecule has 88 valence electrons. The summed E-state index contributed by atoms with van der Waals surface area (Å²) in [5, 5.41) is 4.35. The minimum absolute atomic E-state index is 1.15. The molecule has 0 fully saturated rings. The second-order valence-electron chi connectivity index (χ2n) is 4.29. The van der Waals surface area contributed by atoms with Gasteiger partial charge in [-0.2, -0.15) is 5.10 Å². The van der Waals surface area contributed by atoms with Crippen LogP contribution in [0.5, 0.6) is 0 Å². The smallest absolute Gasteiger partial charge is 0.0753 e. The van der Waals surface area contributed by atoms with Gasteiger partial charge in [0, 0.05) is 18.0 Å². The minimum Gasteiger partial charge on any atom is -0.240 e. The highest BCUT2D eigenvalue weighted by molar-refractivity contribution is 5.74. The van der Waals surface area contributed by atoms with Crippen molar-refractivity contribution in [1.82, 2.24) is 9.78 Å². The predicted molar refractivity (Wildman–Crippen MR) is 73.7 cm³/mol. The van der Waals surface area contributed by atoms with Crippen LogP contribution in [0.3, 0.4) is 0 Å². The third-order valence-corrected chi connectivity index (χ3v) is 3.06. The molecule has 18 heavy (non-hydrogen) atoms. The quantitative estimate of drug-likeness (QED) is 0.658. The van der Waals surface area contributed by atoms with Gasteiger partial charge in [0.1, 0.15) is 0 Å². The van der Waals surface area contributed by atoms with Crippen molar-refractivity contribution in [2.45, 2.75) is 6.92 Å². The fraction of sp³-hybridized carbons (Fsp3) is 0.0625. The lowest BCUT2D eigenvalue weighted by Gasteiger charge is -2.12. The zero-order valence-electron chi connectivity index (χ0n) is 10.2. The van der Waals surface area contributed by atoms with Crippen LogP contribution in [-0.2, 0) is 0 Å². The first-order valence-electron chi connectivity index (χ1n) is 6.01. The van der Waals surface area contributed by atoms with Crippen molar-refractivity contribution in [3.63, 3.8) is 0 Å². The van der Waals surface area contributed by atoms with Crippen molar-refractivity contribution in [3.8, 4) is 16.8 Å². The molecular formula is C16H14N2. The summed E-state index contributed by atoms with van der Waals surface area (Å²) in [6.45, 7) is 2.11. The van der Waals surface area contributed by atoms with Crippen LogP contribution in [0, 0.1) is 6.92 Å². The summed E-state index contributed by atoms with van der Waals surface area (Å²) in [5.41, 5.74) is 4.79. The van der Waals surface area contributed by atoms with E-state index in [4.69, 9.17) is 0 Å². The molecule has 0 radical (unpaired) electrons. The molecule has 3 aromatic rings. The van der Waals surface area contributed by atoms with Crippen LogP contribution in [0.25, 0.3) is 16.8 Å². The zero-order valence-corrected chi connectivity index (χ0v) is 10.2. The van der Waals surface area contributed by atoms with Gasteiger partial charge in [-0.05, 0) is 24.1 Å². The molecule has 3 rings (SSSR count). The highest BCUT2D eigenvalue weighted by Crippen LogP contribution is 2.28. The van der Waals surface area contributed by atoms with Crippen LogP contribution in [-0.4, -0.2) is 9.78 Å². The third-order valence-electron chi connectivity index (χ3n) is 3.06. The van der Waals surface area contributed by atoms with Crippen LogP contribution in [0.1, 0.15) is 5.56 Å². The molecule has 0 spiro atoms. The van der Waals surface area contributed by atoms with Crippen molar-refractivity contribution < 1.29 is 0 Å². The topological polar surface area (TPSA) is 17.8 Å². The number of aromatic nitrogens is 2. The molecular weight excluding hydrogens is 220 g/mol. The molecule has 0 bridgehead atoms. The Balaban J connectivity index is 2.25. The predicted octanol–water partition coefficient (Wildman–Crippen LogP) is 3.85. The van der Waals surface area contributed by atoms with E-state index < -0.39 is 0 Å². The second-order valence-corrected chi connectivity index (χ2v) is 4.29. The van der Waals surface area contributed by atoms with E-state index in [-0.39, 0.29) is 0 Å². The average molecular weight is 234 g/mol. The number of aryl methyl sites for hydroxylation is 1. The molecule has 0 amide bonds. The van der Waals surface area contributed by atoms with Gasteiger partial charge in [0.2, 0.25) is 0 Å². The minimum atomic E-state index is 1.15. The Morgan fingerprint density at radius 1 is 0.889 bits per heavy atom. The summed E-state index contributed by atoms with van der Waals surface area (Å²) in [5.74, 6) is 0. The fourth-order valence-electron chi connectivity index (χ4n) is 2.21. The summed E-state index contributed by atoms with van der Waals surface area (Å²) in [7, 11) is 0. The lowest BCUT2D eigenvalue weighted by atomic mass is 10.0. The molecule has 1 heterocycles. The van der Waals surface area contributed by atoms with Crippen LogP contribution in [0.4, 0.5) is 0 Å². The van der Waals surface area contributed by atoms with Gasteiger partial charge in [-0.25, -0.2) is 4.68 Å². The van der Waals surface area contributed by atoms with E-state index in [0.717, 1.165) is 5.69 Å². The maximum absolute atomic E-state index is 4.35. The van der Waals surface area contributed by atoms with Crippen molar-refractivity contribution in [2.24, 2.45) is 0 Å². The standard InChI is InChI=1S/C16H14N2/c1-13-7-5-10-15(14-8-3-2-4-9-14)16(13)18-12-6-11-17-18/h2-12H,1H3. The van der Waals surface area contributed by atoms with E-state index in [1.807, 2.05) is 23.0 Å². The molecule has 0 aliphatic carbocycles. The molecule has 2 nitrogen and oxygen atoms in total. The Morgan fingerprint density at radius 2 is 1.72 bits per heavy atom. The van der Waals surface area contributed by atoms with Gasteiger partial charge in [-0.3, -0.25) is 0 Å². The zero-order chi connectivity index (χ0) is 12.4. The van der Waals surface area contributed by atoms with Gasteiger partial charge >= 0.3 is 0 Å². The van der Waals surface area contributed by atoms with Crippen molar-refractivity contribution in [1.29, 1.82) is 0 Å². The van der Waals surface area contributed by atoms with E-state index in [1.54, 1.807) is 6.20 Å². The Labute approximate surface area is 107 Å². The molecule has 0 aliphatic rings. The number of hydrogen-bond donors (Lipinski definition) is 0. The SMILES string of the molecule is Cc1cccc(-c2ccccc2)c1-n1cccn1. The van der Waals surface area contributed by atoms with Crippen molar-refractivity contribution in [3.05, 3.63) is 72.6 Å². The summed E-state index contributed by atoms with van der Waals surface area (Å²) in [4.78, 5) is 0. The first-order valence-corrected chi connectivity index (χ1v) is 6.01. The largest absolute Gasteiger partial charge is 0.240 e. The Morgan fingerprint density at radius 3 is 2.44 bits per heavy atom. The molecule has 0 atom stereocenters. The number of hydrogen-bond acceptors (Lipinski definition) is 1. The van der Waals surface area contributed by atoms with Gasteiger partial charge in [0.15, 0.2) is 0 Å². The monoisotopic (exact) mass is 234 g/mol. The number of rotatable bonds is 2. The van der Waals surface area contributed by atoms with E-state index in [1.165, 1.54) is 16.7 Å². The molecule has 1 aromatic heterocycles. The fourth-order valence-corrected chi connectivity index (χ4v) is 2.21. The number of para-hydroxylation sites is 1. The van der Waals surface area contributed by atoms with E-state index in [9.17, 15) is 0 Å². The van der Waals surface area contributed by atoms with Gasteiger partial charge in [0.05, 0.1) is 5.69 Å². The normalized spacial score (nSPS) is 10.5. The van der Waals surface area contributed by atoms with E-state index in [0.29, 0.717) is 0 Å².